The molecule has 15 heavy (non-hydrogen) atoms. The van der Waals surface area contributed by atoms with E-state index in [-0.39, 0.29) is 0 Å². The molecule has 2 aromatic heterocycles. The molecular formula is C11H13N3S. The zero-order valence-electron chi connectivity index (χ0n) is 8.82. The minimum Gasteiger partial charge on any atom is -0.379 e. The number of anilines is 1. The predicted molar refractivity (Wildman–Crippen MR) is 63.2 cm³/mol. The summed E-state index contributed by atoms with van der Waals surface area (Å²) in [5.41, 5.74) is 2.08. The summed E-state index contributed by atoms with van der Waals surface area (Å²) < 4.78 is 0. The molecule has 1 N–H and O–H groups in total. The Balaban J connectivity index is 1.96. The number of aromatic nitrogens is 2. The highest BCUT2D eigenvalue weighted by Crippen LogP contribution is 2.14. The molecule has 0 radical (unpaired) electrons. The lowest BCUT2D eigenvalue weighted by molar-refractivity contribution is 1.14. The van der Waals surface area contributed by atoms with E-state index in [0.29, 0.717) is 0 Å². The topological polar surface area (TPSA) is 37.8 Å². The van der Waals surface area contributed by atoms with Crippen LogP contribution in [-0.2, 0) is 6.54 Å². The first-order valence-electron chi connectivity index (χ1n) is 4.82. The van der Waals surface area contributed by atoms with Gasteiger partial charge in [-0.3, -0.25) is 4.98 Å². The fraction of sp³-hybridized carbons (Fsp3) is 0.273. The van der Waals surface area contributed by atoms with Crippen molar-refractivity contribution in [1.82, 2.24) is 9.97 Å². The molecule has 2 heterocycles. The van der Waals surface area contributed by atoms with E-state index in [2.05, 4.69) is 15.3 Å². The first kappa shape index (κ1) is 10.1. The monoisotopic (exact) mass is 219 g/mol. The molecule has 78 valence electrons. The van der Waals surface area contributed by atoms with Crippen LogP contribution in [0.15, 0.2) is 24.5 Å². The molecule has 0 aliphatic carbocycles. The average Bonchev–Trinajstić information content (AvgIpc) is 2.64. The quantitative estimate of drug-likeness (QED) is 0.862. The van der Waals surface area contributed by atoms with Gasteiger partial charge in [0.15, 0.2) is 0 Å². The second kappa shape index (κ2) is 4.40. The van der Waals surface area contributed by atoms with E-state index in [0.717, 1.165) is 22.9 Å². The lowest BCUT2D eigenvalue weighted by Crippen LogP contribution is -1.97. The van der Waals surface area contributed by atoms with Crippen LogP contribution >= 0.6 is 11.3 Å². The van der Waals surface area contributed by atoms with Gasteiger partial charge in [0.2, 0.25) is 0 Å². The van der Waals surface area contributed by atoms with Crippen molar-refractivity contribution in [2.45, 2.75) is 20.4 Å². The molecule has 0 bridgehead atoms. The van der Waals surface area contributed by atoms with Crippen LogP contribution in [0.3, 0.4) is 0 Å². The van der Waals surface area contributed by atoms with E-state index in [9.17, 15) is 0 Å². The van der Waals surface area contributed by atoms with Gasteiger partial charge in [-0.1, -0.05) is 0 Å². The maximum absolute atomic E-state index is 4.22. The molecule has 0 atom stereocenters. The van der Waals surface area contributed by atoms with E-state index in [4.69, 9.17) is 0 Å². The summed E-state index contributed by atoms with van der Waals surface area (Å²) in [7, 11) is 0. The van der Waals surface area contributed by atoms with Crippen molar-refractivity contribution in [3.63, 3.8) is 0 Å². The highest BCUT2D eigenvalue weighted by molar-refractivity contribution is 7.11. The molecule has 0 saturated carbocycles. The summed E-state index contributed by atoms with van der Waals surface area (Å²) in [6.45, 7) is 4.81. The number of pyridine rings is 1. The Bertz CT molecular complexity index is 433. The number of nitrogens with zero attached hydrogens (tertiary/aromatic N) is 2. The van der Waals surface area contributed by atoms with Crippen LogP contribution in [0.25, 0.3) is 0 Å². The van der Waals surface area contributed by atoms with Gasteiger partial charge in [-0.05, 0) is 26.0 Å². The molecular weight excluding hydrogens is 206 g/mol. The van der Waals surface area contributed by atoms with Crippen molar-refractivity contribution in [3.8, 4) is 0 Å². The maximum atomic E-state index is 4.22. The summed E-state index contributed by atoms with van der Waals surface area (Å²) in [5.74, 6) is 0. The molecule has 0 aromatic carbocycles. The van der Waals surface area contributed by atoms with Crippen LogP contribution in [0, 0.1) is 13.8 Å². The SMILES string of the molecule is Cc1ccc(NCc2cnc(C)s2)cn1. The highest BCUT2D eigenvalue weighted by atomic mass is 32.1. The minimum atomic E-state index is 0.816. The number of aryl methyl sites for hydroxylation is 2. The third-order valence-corrected chi connectivity index (χ3v) is 2.96. The first-order chi connectivity index (χ1) is 7.24. The number of thiazole rings is 1. The van der Waals surface area contributed by atoms with E-state index < -0.39 is 0 Å². The molecule has 0 saturated heterocycles. The van der Waals surface area contributed by atoms with Crippen LogP contribution in [0.1, 0.15) is 15.6 Å². The Morgan fingerprint density at radius 2 is 2.07 bits per heavy atom. The summed E-state index contributed by atoms with van der Waals surface area (Å²) in [5, 5.41) is 4.41. The maximum Gasteiger partial charge on any atom is 0.0897 e. The predicted octanol–water partition coefficient (Wildman–Crippen LogP) is 2.77. The standard InChI is InChI=1S/C11H13N3S/c1-8-3-4-10(5-12-8)14-7-11-6-13-9(2)15-11/h3-6,14H,7H2,1-2H3. The summed E-state index contributed by atoms with van der Waals surface area (Å²) in [6, 6.07) is 4.04. The van der Waals surface area contributed by atoms with Gasteiger partial charge >= 0.3 is 0 Å². The van der Waals surface area contributed by atoms with Gasteiger partial charge in [0.25, 0.3) is 0 Å². The Labute approximate surface area is 93.2 Å². The Kier molecular flexibility index (Phi) is 2.97. The van der Waals surface area contributed by atoms with Gasteiger partial charge in [0, 0.05) is 16.8 Å². The molecule has 0 spiro atoms. The second-order valence-electron chi connectivity index (χ2n) is 3.39. The minimum absolute atomic E-state index is 0.816. The third kappa shape index (κ3) is 2.76. The largest absolute Gasteiger partial charge is 0.379 e. The van der Waals surface area contributed by atoms with Crippen molar-refractivity contribution in [2.24, 2.45) is 0 Å². The van der Waals surface area contributed by atoms with Gasteiger partial charge in [0.1, 0.15) is 0 Å². The lowest BCUT2D eigenvalue weighted by Gasteiger charge is -2.03. The normalized spacial score (nSPS) is 10.3. The number of hydrogen-bond donors (Lipinski definition) is 1. The fourth-order valence-electron chi connectivity index (χ4n) is 1.25. The van der Waals surface area contributed by atoms with Gasteiger partial charge in [-0.25, -0.2) is 4.98 Å². The van der Waals surface area contributed by atoms with Crippen molar-refractivity contribution < 1.29 is 0 Å². The van der Waals surface area contributed by atoms with Gasteiger partial charge in [0.05, 0.1) is 23.4 Å². The van der Waals surface area contributed by atoms with Crippen LogP contribution in [-0.4, -0.2) is 9.97 Å². The third-order valence-electron chi connectivity index (χ3n) is 2.05. The molecule has 3 nitrogen and oxygen atoms in total. The molecule has 0 amide bonds. The molecule has 0 unspecified atom stereocenters. The number of nitrogens with one attached hydrogen (secondary N) is 1. The van der Waals surface area contributed by atoms with E-state index in [1.807, 2.05) is 38.4 Å². The molecule has 2 aromatic rings. The van der Waals surface area contributed by atoms with Crippen molar-refractivity contribution in [3.05, 3.63) is 40.1 Å². The molecule has 2 rings (SSSR count). The lowest BCUT2D eigenvalue weighted by atomic mass is 10.3. The van der Waals surface area contributed by atoms with Crippen molar-refractivity contribution in [2.75, 3.05) is 5.32 Å². The Morgan fingerprint density at radius 1 is 1.20 bits per heavy atom. The van der Waals surface area contributed by atoms with E-state index in [1.54, 1.807) is 11.3 Å². The Hall–Kier alpha value is -1.42. The first-order valence-corrected chi connectivity index (χ1v) is 5.63. The summed E-state index contributed by atoms with van der Waals surface area (Å²) in [6.07, 6.45) is 3.76. The van der Waals surface area contributed by atoms with Crippen molar-refractivity contribution in [1.29, 1.82) is 0 Å². The molecule has 0 aliphatic heterocycles. The van der Waals surface area contributed by atoms with E-state index in [1.165, 1.54) is 4.88 Å². The second-order valence-corrected chi connectivity index (χ2v) is 4.71. The van der Waals surface area contributed by atoms with Gasteiger partial charge in [-0.2, -0.15) is 0 Å². The van der Waals surface area contributed by atoms with Gasteiger partial charge in [-0.15, -0.1) is 11.3 Å². The van der Waals surface area contributed by atoms with Crippen molar-refractivity contribution >= 4 is 17.0 Å². The summed E-state index contributed by atoms with van der Waals surface area (Å²) >= 11 is 1.72. The molecule has 0 fully saturated rings. The van der Waals surface area contributed by atoms with Crippen LogP contribution in [0.2, 0.25) is 0 Å². The number of rotatable bonds is 3. The Morgan fingerprint density at radius 3 is 2.67 bits per heavy atom. The smallest absolute Gasteiger partial charge is 0.0897 e. The zero-order valence-corrected chi connectivity index (χ0v) is 9.64. The zero-order chi connectivity index (χ0) is 10.7. The fourth-order valence-corrected chi connectivity index (χ4v) is 1.98. The molecule has 0 aliphatic rings. The highest BCUT2D eigenvalue weighted by Gasteiger charge is 1.98. The molecule has 4 heteroatoms. The van der Waals surface area contributed by atoms with Gasteiger partial charge < -0.3 is 5.32 Å². The number of hydrogen-bond acceptors (Lipinski definition) is 4. The van der Waals surface area contributed by atoms with E-state index >= 15 is 0 Å². The summed E-state index contributed by atoms with van der Waals surface area (Å²) in [4.78, 5) is 9.67. The van der Waals surface area contributed by atoms with Crippen LogP contribution in [0.5, 0.6) is 0 Å². The van der Waals surface area contributed by atoms with Crippen LogP contribution in [0.4, 0.5) is 5.69 Å². The average molecular weight is 219 g/mol. The van der Waals surface area contributed by atoms with Crippen LogP contribution < -0.4 is 5.32 Å².